The molecule has 12 heteroatoms. The average molecular weight is 456 g/mol. The fourth-order valence-electron chi connectivity index (χ4n) is 2.20. The summed E-state index contributed by atoms with van der Waals surface area (Å²) in [7, 11) is -3.93. The van der Waals surface area contributed by atoms with Gasteiger partial charge in [-0.3, -0.25) is 19.7 Å². The number of nitrogens with one attached hydrogen (secondary N) is 2. The Kier molecular flexibility index (Phi) is 7.48. The highest BCUT2D eigenvalue weighted by Gasteiger charge is 2.22. The average Bonchev–Trinajstić information content (AvgIpc) is 2.68. The molecule has 0 fully saturated rings. The van der Waals surface area contributed by atoms with E-state index in [-0.39, 0.29) is 21.3 Å². The predicted molar refractivity (Wildman–Crippen MR) is 109 cm³/mol. The van der Waals surface area contributed by atoms with E-state index in [1.807, 2.05) is 0 Å². The van der Waals surface area contributed by atoms with E-state index >= 15 is 0 Å². The van der Waals surface area contributed by atoms with E-state index in [0.29, 0.717) is 0 Å². The molecule has 1 amide bonds. The third kappa shape index (κ3) is 6.24. The van der Waals surface area contributed by atoms with Crippen molar-refractivity contribution < 1.29 is 27.7 Å². The van der Waals surface area contributed by atoms with Crippen LogP contribution in [-0.4, -0.2) is 37.9 Å². The number of amides is 1. The van der Waals surface area contributed by atoms with Crippen LogP contribution in [0.5, 0.6) is 0 Å². The first-order valence-electron chi connectivity index (χ1n) is 8.50. The molecule has 160 valence electrons. The molecule has 2 rings (SSSR count). The van der Waals surface area contributed by atoms with Gasteiger partial charge in [-0.15, -0.1) is 0 Å². The molecular formula is C18H18ClN3O7S. The van der Waals surface area contributed by atoms with Crippen LogP contribution in [0.25, 0.3) is 0 Å². The second kappa shape index (κ2) is 9.65. The summed E-state index contributed by atoms with van der Waals surface area (Å²) in [6.45, 7) is 2.37. The molecule has 2 aromatic rings. The summed E-state index contributed by atoms with van der Waals surface area (Å²) in [5.74, 6) is -1.79. The highest BCUT2D eigenvalue weighted by molar-refractivity contribution is 7.89. The van der Waals surface area contributed by atoms with Gasteiger partial charge in [0.1, 0.15) is 6.54 Å². The lowest BCUT2D eigenvalue weighted by molar-refractivity contribution is -0.384. The summed E-state index contributed by atoms with van der Waals surface area (Å²) in [5.41, 5.74) is 0.556. The molecule has 0 bridgehead atoms. The van der Waals surface area contributed by atoms with E-state index in [1.165, 1.54) is 31.2 Å². The van der Waals surface area contributed by atoms with Crippen LogP contribution in [0.3, 0.4) is 0 Å². The van der Waals surface area contributed by atoms with E-state index in [9.17, 15) is 28.1 Å². The molecule has 10 nitrogen and oxygen atoms in total. The lowest BCUT2D eigenvalue weighted by Gasteiger charge is -2.14. The van der Waals surface area contributed by atoms with Crippen molar-refractivity contribution in [2.24, 2.45) is 0 Å². The molecule has 0 aromatic heterocycles. The molecule has 0 unspecified atom stereocenters. The van der Waals surface area contributed by atoms with Gasteiger partial charge in [0.25, 0.3) is 11.6 Å². The van der Waals surface area contributed by atoms with Gasteiger partial charge >= 0.3 is 5.97 Å². The van der Waals surface area contributed by atoms with E-state index < -0.39 is 39.5 Å². The first-order valence-corrected chi connectivity index (χ1v) is 10.4. The topological polar surface area (TPSA) is 145 Å². The van der Waals surface area contributed by atoms with Gasteiger partial charge in [-0.1, -0.05) is 29.3 Å². The van der Waals surface area contributed by atoms with E-state index in [0.717, 1.165) is 11.6 Å². The summed E-state index contributed by atoms with van der Waals surface area (Å²) in [4.78, 5) is 34.2. The fourth-order valence-corrected chi connectivity index (χ4v) is 3.34. The van der Waals surface area contributed by atoms with Crippen molar-refractivity contribution >= 4 is 44.9 Å². The lowest BCUT2D eigenvalue weighted by atomic mass is 10.2. The Morgan fingerprint density at radius 1 is 1.20 bits per heavy atom. The molecule has 1 atom stereocenters. The largest absolute Gasteiger partial charge is 0.452 e. The number of nitrogens with zero attached hydrogens (tertiary/aromatic N) is 1. The SMILES string of the molecule is Cc1ccc(S(=O)(=O)NCC(=O)O[C@H](C)C(=O)Nc2cc([N+](=O)[O-])ccc2Cl)cc1. The normalized spacial score (nSPS) is 12.1. The molecule has 0 spiro atoms. The van der Waals surface area contributed by atoms with Gasteiger partial charge in [0.15, 0.2) is 6.10 Å². The van der Waals surface area contributed by atoms with Gasteiger partial charge in [0.05, 0.1) is 20.5 Å². The van der Waals surface area contributed by atoms with Crippen molar-refractivity contribution in [1.29, 1.82) is 0 Å². The Labute approximate surface area is 177 Å². The number of non-ortho nitro benzene ring substituents is 1. The number of nitro groups is 1. The van der Waals surface area contributed by atoms with Crippen LogP contribution in [0.4, 0.5) is 11.4 Å². The van der Waals surface area contributed by atoms with Gasteiger partial charge in [-0.25, -0.2) is 8.42 Å². The molecular weight excluding hydrogens is 438 g/mol. The minimum Gasteiger partial charge on any atom is -0.452 e. The Bertz CT molecular complexity index is 1070. The number of carbonyl (C=O) groups excluding carboxylic acids is 2. The third-order valence-corrected chi connectivity index (χ3v) is 5.58. The van der Waals surface area contributed by atoms with E-state index in [4.69, 9.17) is 16.3 Å². The van der Waals surface area contributed by atoms with Crippen LogP contribution in [0, 0.1) is 17.0 Å². The predicted octanol–water partition coefficient (Wildman–Crippen LogP) is 2.41. The number of esters is 1. The zero-order valence-corrected chi connectivity index (χ0v) is 17.5. The number of aryl methyl sites for hydroxylation is 1. The molecule has 0 aliphatic carbocycles. The van der Waals surface area contributed by atoms with Crippen LogP contribution < -0.4 is 10.0 Å². The molecule has 0 heterocycles. The maximum absolute atomic E-state index is 12.2. The zero-order valence-electron chi connectivity index (χ0n) is 15.9. The summed E-state index contributed by atoms with van der Waals surface area (Å²) < 4.78 is 31.3. The molecule has 2 aromatic carbocycles. The summed E-state index contributed by atoms with van der Waals surface area (Å²) in [6.07, 6.45) is -1.31. The van der Waals surface area contributed by atoms with E-state index in [2.05, 4.69) is 10.0 Å². The molecule has 0 aliphatic heterocycles. The first kappa shape index (κ1) is 23.3. The van der Waals surface area contributed by atoms with Crippen molar-refractivity contribution in [2.75, 3.05) is 11.9 Å². The van der Waals surface area contributed by atoms with Gasteiger partial charge in [0, 0.05) is 12.1 Å². The second-order valence-corrected chi connectivity index (χ2v) is 8.35. The maximum atomic E-state index is 12.2. The van der Waals surface area contributed by atoms with Crippen LogP contribution in [-0.2, 0) is 24.3 Å². The number of ether oxygens (including phenoxy) is 1. The van der Waals surface area contributed by atoms with Crippen LogP contribution in [0.15, 0.2) is 47.4 Å². The number of nitro benzene ring substituents is 1. The van der Waals surface area contributed by atoms with Crippen molar-refractivity contribution in [1.82, 2.24) is 4.72 Å². The second-order valence-electron chi connectivity index (χ2n) is 6.18. The molecule has 0 saturated carbocycles. The van der Waals surface area contributed by atoms with E-state index in [1.54, 1.807) is 19.1 Å². The quantitative estimate of drug-likeness (QED) is 0.353. The maximum Gasteiger partial charge on any atom is 0.321 e. The first-order chi connectivity index (χ1) is 14.0. The summed E-state index contributed by atoms with van der Waals surface area (Å²) in [6, 6.07) is 9.47. The standard InChI is InChI=1S/C18H18ClN3O7S/c1-11-3-6-14(7-4-11)30(27,28)20-10-17(23)29-12(2)18(24)21-16-9-13(22(25)26)5-8-15(16)19/h3-9,12,20H,10H2,1-2H3,(H,21,24)/t12-/m1/s1. The number of anilines is 1. The van der Waals surface area contributed by atoms with Gasteiger partial charge < -0.3 is 10.1 Å². The van der Waals surface area contributed by atoms with Crippen molar-refractivity contribution in [3.8, 4) is 0 Å². The molecule has 0 radical (unpaired) electrons. The monoisotopic (exact) mass is 455 g/mol. The Hall–Kier alpha value is -3.02. The Morgan fingerprint density at radius 3 is 2.43 bits per heavy atom. The lowest BCUT2D eigenvalue weighted by Crippen LogP contribution is -2.35. The molecule has 0 aliphatic rings. The number of rotatable bonds is 8. The Morgan fingerprint density at radius 2 is 1.83 bits per heavy atom. The van der Waals surface area contributed by atoms with Crippen LogP contribution in [0.1, 0.15) is 12.5 Å². The third-order valence-electron chi connectivity index (χ3n) is 3.83. The van der Waals surface area contributed by atoms with Crippen molar-refractivity contribution in [3.63, 3.8) is 0 Å². The van der Waals surface area contributed by atoms with Gasteiger partial charge in [-0.05, 0) is 32.0 Å². The zero-order chi connectivity index (χ0) is 22.5. The number of benzene rings is 2. The number of hydrogen-bond donors (Lipinski definition) is 2. The smallest absolute Gasteiger partial charge is 0.321 e. The molecule has 2 N–H and O–H groups in total. The number of halogens is 1. The minimum absolute atomic E-state index is 0.0213. The van der Waals surface area contributed by atoms with Crippen molar-refractivity contribution in [3.05, 3.63) is 63.2 Å². The number of carbonyl (C=O) groups is 2. The van der Waals surface area contributed by atoms with Gasteiger partial charge in [-0.2, -0.15) is 4.72 Å². The van der Waals surface area contributed by atoms with Crippen molar-refractivity contribution in [2.45, 2.75) is 24.8 Å². The number of sulfonamides is 1. The highest BCUT2D eigenvalue weighted by Crippen LogP contribution is 2.26. The molecule has 0 saturated heterocycles. The fraction of sp³-hybridized carbons (Fsp3) is 0.222. The van der Waals surface area contributed by atoms with Gasteiger partial charge in [0.2, 0.25) is 10.0 Å². The molecule has 30 heavy (non-hydrogen) atoms. The van der Waals surface area contributed by atoms with Crippen LogP contribution in [0.2, 0.25) is 5.02 Å². The minimum atomic E-state index is -3.93. The highest BCUT2D eigenvalue weighted by atomic mass is 35.5. The number of hydrogen-bond acceptors (Lipinski definition) is 7. The summed E-state index contributed by atoms with van der Waals surface area (Å²) >= 11 is 5.90. The summed E-state index contributed by atoms with van der Waals surface area (Å²) in [5, 5.41) is 13.2. The van der Waals surface area contributed by atoms with Crippen LogP contribution >= 0.6 is 11.6 Å². The Balaban J connectivity index is 1.94.